The van der Waals surface area contributed by atoms with Crippen LogP contribution in [0.1, 0.15) is 6.42 Å². The zero-order chi connectivity index (χ0) is 13.4. The number of hydrogen-bond donors (Lipinski definition) is 2. The van der Waals surface area contributed by atoms with Crippen molar-refractivity contribution < 1.29 is 16.8 Å². The Hall–Kier alpha value is -1.19. The van der Waals surface area contributed by atoms with E-state index < -0.39 is 25.9 Å². The molecule has 3 N–H and O–H groups in total. The smallest absolute Gasteiger partial charge is 0.241 e. The van der Waals surface area contributed by atoms with Crippen LogP contribution < -0.4 is 10.5 Å². The zero-order valence-electron chi connectivity index (χ0n) is 9.40. The van der Waals surface area contributed by atoms with Crippen LogP contribution in [0.3, 0.4) is 0 Å². The van der Waals surface area contributed by atoms with Gasteiger partial charge in [0.2, 0.25) is 10.0 Å². The summed E-state index contributed by atoms with van der Waals surface area (Å²) in [5, 5.41) is 0. The van der Waals surface area contributed by atoms with Gasteiger partial charge in [0.15, 0.2) is 9.84 Å². The standard InChI is InChI=1S/C9H13N3O4S2/c10-9-5-8(1-3-11-9)18(15,16)12-7-2-4-17(13,14)6-7/h1,3,5,7,12H,2,4,6H2,(H2,10,11). The quantitative estimate of drug-likeness (QED) is 0.747. The number of hydrogen-bond acceptors (Lipinski definition) is 6. The number of nitrogens with one attached hydrogen (secondary N) is 1. The van der Waals surface area contributed by atoms with E-state index in [1.165, 1.54) is 18.3 Å². The minimum absolute atomic E-state index is 0.0126. The number of nitrogens with zero attached hydrogens (tertiary/aromatic N) is 1. The molecular formula is C9H13N3O4S2. The van der Waals surface area contributed by atoms with Crippen LogP contribution in [0.2, 0.25) is 0 Å². The van der Waals surface area contributed by atoms with E-state index in [0.29, 0.717) is 6.42 Å². The van der Waals surface area contributed by atoms with Gasteiger partial charge in [-0.25, -0.2) is 26.5 Å². The van der Waals surface area contributed by atoms with Crippen LogP contribution in [-0.4, -0.2) is 39.4 Å². The zero-order valence-corrected chi connectivity index (χ0v) is 11.0. The minimum Gasteiger partial charge on any atom is -0.384 e. The fourth-order valence-electron chi connectivity index (χ4n) is 1.77. The van der Waals surface area contributed by atoms with Crippen molar-refractivity contribution in [2.24, 2.45) is 0 Å². The summed E-state index contributed by atoms with van der Waals surface area (Å²) in [6.45, 7) is 0. The van der Waals surface area contributed by atoms with Gasteiger partial charge in [-0.1, -0.05) is 0 Å². The van der Waals surface area contributed by atoms with Gasteiger partial charge in [-0.15, -0.1) is 0 Å². The number of nitrogen functional groups attached to an aromatic ring is 1. The first-order valence-electron chi connectivity index (χ1n) is 5.23. The monoisotopic (exact) mass is 291 g/mol. The first kappa shape index (κ1) is 13.2. The predicted molar refractivity (Wildman–Crippen MR) is 66.0 cm³/mol. The first-order chi connectivity index (χ1) is 8.28. The lowest BCUT2D eigenvalue weighted by molar-refractivity contribution is 0.562. The Morgan fingerprint density at radius 3 is 2.72 bits per heavy atom. The van der Waals surface area contributed by atoms with Gasteiger partial charge in [-0.05, 0) is 12.5 Å². The summed E-state index contributed by atoms with van der Waals surface area (Å²) in [7, 11) is -6.87. The van der Waals surface area contributed by atoms with Crippen molar-refractivity contribution in [3.8, 4) is 0 Å². The van der Waals surface area contributed by atoms with Crippen molar-refractivity contribution >= 4 is 25.7 Å². The average Bonchev–Trinajstić information content (AvgIpc) is 2.57. The third-order valence-corrected chi connectivity index (χ3v) is 5.90. The van der Waals surface area contributed by atoms with Crippen LogP contribution in [0.15, 0.2) is 23.2 Å². The molecule has 1 saturated heterocycles. The van der Waals surface area contributed by atoms with Gasteiger partial charge >= 0.3 is 0 Å². The molecule has 0 amide bonds. The molecule has 7 nitrogen and oxygen atoms in total. The summed E-state index contributed by atoms with van der Waals surface area (Å²) in [6.07, 6.45) is 1.58. The van der Waals surface area contributed by atoms with Gasteiger partial charge in [0.1, 0.15) is 5.82 Å². The summed E-state index contributed by atoms with van der Waals surface area (Å²) in [5.74, 6) is -0.0530. The van der Waals surface area contributed by atoms with E-state index in [9.17, 15) is 16.8 Å². The SMILES string of the molecule is Nc1cc(S(=O)(=O)NC2CCS(=O)(=O)C2)ccn1. The highest BCUT2D eigenvalue weighted by Gasteiger charge is 2.31. The molecule has 2 heterocycles. The molecule has 9 heteroatoms. The Bertz CT molecular complexity index is 654. The highest BCUT2D eigenvalue weighted by atomic mass is 32.2. The van der Waals surface area contributed by atoms with Gasteiger partial charge in [-0.3, -0.25) is 0 Å². The van der Waals surface area contributed by atoms with Gasteiger partial charge in [-0.2, -0.15) is 0 Å². The maximum Gasteiger partial charge on any atom is 0.241 e. The molecule has 18 heavy (non-hydrogen) atoms. The fraction of sp³-hybridized carbons (Fsp3) is 0.444. The summed E-state index contributed by atoms with van der Waals surface area (Å²) < 4.78 is 48.8. The highest BCUT2D eigenvalue weighted by Crippen LogP contribution is 2.16. The molecule has 1 atom stereocenters. The topological polar surface area (TPSA) is 119 Å². The van der Waals surface area contributed by atoms with Gasteiger partial charge in [0, 0.05) is 18.3 Å². The van der Waals surface area contributed by atoms with Crippen LogP contribution in [0, 0.1) is 0 Å². The normalized spacial score (nSPS) is 23.0. The summed E-state index contributed by atoms with van der Waals surface area (Å²) in [5.41, 5.74) is 5.41. The first-order valence-corrected chi connectivity index (χ1v) is 8.53. The summed E-state index contributed by atoms with van der Waals surface area (Å²) in [4.78, 5) is 3.68. The number of sulfonamides is 1. The van der Waals surface area contributed by atoms with Crippen molar-refractivity contribution in [2.75, 3.05) is 17.2 Å². The van der Waals surface area contributed by atoms with Crippen LogP contribution in [0.4, 0.5) is 5.82 Å². The molecule has 1 aliphatic rings. The summed E-state index contributed by atoms with van der Waals surface area (Å²) in [6, 6.07) is 1.96. The number of nitrogens with two attached hydrogens (primary N) is 1. The van der Waals surface area contributed by atoms with Gasteiger partial charge < -0.3 is 5.73 Å². The molecule has 0 aliphatic carbocycles. The molecule has 1 aromatic rings. The molecule has 0 bridgehead atoms. The maximum atomic E-state index is 12.0. The number of rotatable bonds is 3. The van der Waals surface area contributed by atoms with E-state index in [1.54, 1.807) is 0 Å². The number of sulfone groups is 1. The van der Waals surface area contributed by atoms with E-state index in [0.717, 1.165) is 0 Å². The fourth-order valence-corrected chi connectivity index (χ4v) is 4.84. The largest absolute Gasteiger partial charge is 0.384 e. The second-order valence-corrected chi connectivity index (χ2v) is 8.08. The van der Waals surface area contributed by atoms with Gasteiger partial charge in [0.25, 0.3) is 0 Å². The van der Waals surface area contributed by atoms with Crippen molar-refractivity contribution in [3.63, 3.8) is 0 Å². The molecule has 2 rings (SSSR count). The van der Waals surface area contributed by atoms with Crippen molar-refractivity contribution in [1.29, 1.82) is 0 Å². The third kappa shape index (κ3) is 2.98. The molecule has 1 fully saturated rings. The molecule has 0 spiro atoms. The molecule has 100 valence electrons. The molecule has 1 aliphatic heterocycles. The average molecular weight is 291 g/mol. The van der Waals surface area contributed by atoms with Crippen LogP contribution in [0.5, 0.6) is 0 Å². The lowest BCUT2D eigenvalue weighted by Crippen LogP contribution is -2.35. The van der Waals surface area contributed by atoms with E-state index in [4.69, 9.17) is 5.73 Å². The molecule has 0 aromatic carbocycles. The Morgan fingerprint density at radius 1 is 1.44 bits per heavy atom. The molecular weight excluding hydrogens is 278 g/mol. The number of aromatic nitrogens is 1. The van der Waals surface area contributed by atoms with E-state index in [2.05, 4.69) is 9.71 Å². The molecule has 0 saturated carbocycles. The maximum absolute atomic E-state index is 12.0. The molecule has 1 aromatic heterocycles. The Morgan fingerprint density at radius 2 is 2.17 bits per heavy atom. The second-order valence-electron chi connectivity index (χ2n) is 4.14. The van der Waals surface area contributed by atoms with Crippen molar-refractivity contribution in [3.05, 3.63) is 18.3 Å². The Kier molecular flexibility index (Phi) is 3.30. The van der Waals surface area contributed by atoms with E-state index in [-0.39, 0.29) is 22.2 Å². The van der Waals surface area contributed by atoms with Gasteiger partial charge in [0.05, 0.1) is 16.4 Å². The number of pyridine rings is 1. The Balaban J connectivity index is 2.18. The molecule has 0 radical (unpaired) electrons. The van der Waals surface area contributed by atoms with Crippen LogP contribution in [-0.2, 0) is 19.9 Å². The third-order valence-electron chi connectivity index (χ3n) is 2.62. The van der Waals surface area contributed by atoms with Crippen molar-refractivity contribution in [1.82, 2.24) is 9.71 Å². The van der Waals surface area contributed by atoms with E-state index >= 15 is 0 Å². The highest BCUT2D eigenvalue weighted by molar-refractivity contribution is 7.92. The van der Waals surface area contributed by atoms with Crippen LogP contribution >= 0.6 is 0 Å². The minimum atomic E-state index is -3.75. The molecule has 1 unspecified atom stereocenters. The van der Waals surface area contributed by atoms with Crippen molar-refractivity contribution in [2.45, 2.75) is 17.4 Å². The van der Waals surface area contributed by atoms with Crippen LogP contribution in [0.25, 0.3) is 0 Å². The lowest BCUT2D eigenvalue weighted by atomic mass is 10.3. The number of anilines is 1. The second kappa shape index (κ2) is 4.48. The predicted octanol–water partition coefficient (Wildman–Crippen LogP) is -0.871. The summed E-state index contributed by atoms with van der Waals surface area (Å²) >= 11 is 0. The van der Waals surface area contributed by atoms with E-state index in [1.807, 2.05) is 0 Å². The Labute approximate surface area is 105 Å². The lowest BCUT2D eigenvalue weighted by Gasteiger charge is -2.11.